The fourth-order valence-corrected chi connectivity index (χ4v) is 6.22. The molecule has 1 atom stereocenters. The molecule has 0 spiro atoms. The topological polar surface area (TPSA) is 69.5 Å². The predicted molar refractivity (Wildman–Crippen MR) is 175 cm³/mol. The van der Waals surface area contributed by atoms with Crippen LogP contribution in [0.4, 0.5) is 11.5 Å². The zero-order valence-electron chi connectivity index (χ0n) is 25.5. The van der Waals surface area contributed by atoms with E-state index in [1.54, 1.807) is 0 Å². The molecular weight excluding hydrogens is 534 g/mol. The van der Waals surface area contributed by atoms with Gasteiger partial charge in [0.05, 0.1) is 31.3 Å². The third-order valence-corrected chi connectivity index (χ3v) is 8.69. The first-order chi connectivity index (χ1) is 21.1. The van der Waals surface area contributed by atoms with Gasteiger partial charge in [0.2, 0.25) is 0 Å². The molecule has 4 aromatic rings. The lowest BCUT2D eigenvalue weighted by atomic mass is 10.00. The van der Waals surface area contributed by atoms with E-state index in [-0.39, 0.29) is 0 Å². The molecule has 8 heteroatoms. The normalized spacial score (nSPS) is 16.5. The summed E-state index contributed by atoms with van der Waals surface area (Å²) in [6.07, 6.45) is 3.22. The van der Waals surface area contributed by atoms with Gasteiger partial charge in [0, 0.05) is 42.8 Å². The quantitative estimate of drug-likeness (QED) is 0.223. The van der Waals surface area contributed by atoms with Gasteiger partial charge >= 0.3 is 6.01 Å². The highest BCUT2D eigenvalue weighted by atomic mass is 16.5. The van der Waals surface area contributed by atoms with Crippen molar-refractivity contribution in [1.29, 1.82) is 0 Å². The highest BCUT2D eigenvalue weighted by Crippen LogP contribution is 2.35. The number of aliphatic imine (C=N–C) groups is 2. The van der Waals surface area contributed by atoms with Gasteiger partial charge in [0.15, 0.2) is 0 Å². The number of anilines is 2. The molecule has 0 saturated carbocycles. The number of aryl methyl sites for hydroxylation is 1. The number of hydrogen-bond donors (Lipinski definition) is 0. The summed E-state index contributed by atoms with van der Waals surface area (Å²) in [6, 6.07) is 27.0. The maximum Gasteiger partial charge on any atom is 0.318 e. The van der Waals surface area contributed by atoms with E-state index in [1.807, 2.05) is 18.2 Å². The fraction of sp³-hybridized carbons (Fsp3) is 0.400. The van der Waals surface area contributed by atoms with Crippen LogP contribution in [0.5, 0.6) is 6.01 Å². The van der Waals surface area contributed by atoms with E-state index in [0.717, 1.165) is 49.6 Å². The first kappa shape index (κ1) is 28.8. The van der Waals surface area contributed by atoms with Gasteiger partial charge in [-0.15, -0.1) is 0 Å². The van der Waals surface area contributed by atoms with Crippen LogP contribution in [0.1, 0.15) is 35.2 Å². The predicted octanol–water partition coefficient (Wildman–Crippen LogP) is 5.78. The van der Waals surface area contributed by atoms with E-state index in [0.29, 0.717) is 38.3 Å². The first-order valence-electron chi connectivity index (χ1n) is 15.4. The zero-order chi connectivity index (χ0) is 29.6. The Morgan fingerprint density at radius 2 is 1.84 bits per heavy atom. The van der Waals surface area contributed by atoms with Crippen LogP contribution in [0.2, 0.25) is 0 Å². The van der Waals surface area contributed by atoms with Crippen molar-refractivity contribution in [3.8, 4) is 6.01 Å². The highest BCUT2D eigenvalue weighted by molar-refractivity contribution is 5.97. The van der Waals surface area contributed by atoms with Crippen molar-refractivity contribution in [2.45, 2.75) is 45.3 Å². The largest absolute Gasteiger partial charge is 0.462 e. The van der Waals surface area contributed by atoms with Gasteiger partial charge in [0.1, 0.15) is 12.4 Å². The molecule has 2 aliphatic rings. The molecule has 222 valence electrons. The monoisotopic (exact) mass is 575 g/mol. The maximum absolute atomic E-state index is 6.29. The van der Waals surface area contributed by atoms with Crippen LogP contribution >= 0.6 is 0 Å². The minimum Gasteiger partial charge on any atom is -0.462 e. The Bertz CT molecular complexity index is 1610. The van der Waals surface area contributed by atoms with Gasteiger partial charge in [-0.3, -0.25) is 0 Å². The van der Waals surface area contributed by atoms with Crippen LogP contribution in [0.25, 0.3) is 10.8 Å². The zero-order valence-corrected chi connectivity index (χ0v) is 25.5. The van der Waals surface area contributed by atoms with Crippen LogP contribution in [0, 0.1) is 6.92 Å². The Labute approximate surface area is 254 Å². The maximum atomic E-state index is 6.29. The summed E-state index contributed by atoms with van der Waals surface area (Å²) in [4.78, 5) is 25.7. The van der Waals surface area contributed by atoms with Crippen molar-refractivity contribution in [3.63, 3.8) is 0 Å². The molecule has 2 aliphatic heterocycles. The number of benzene rings is 3. The number of aromatic nitrogens is 2. The molecule has 0 radical (unpaired) electrons. The number of hydrogen-bond acceptors (Lipinski definition) is 8. The molecular formula is C35H41N7O. The number of fused-ring (bicyclic) bond motifs is 2. The Kier molecular flexibility index (Phi) is 8.96. The lowest BCUT2D eigenvalue weighted by molar-refractivity contribution is 0.187. The molecule has 0 aliphatic carbocycles. The average molecular weight is 576 g/mol. The summed E-state index contributed by atoms with van der Waals surface area (Å²) in [7, 11) is 4.25. The Morgan fingerprint density at radius 1 is 1.00 bits per heavy atom. The SMILES string of the molecule is Cc1cccc2cccc(N3CCc4c(nc(OC[C@@H]5CCCN5C)nc4N(C)CCN=C=NCc4ccccc4)C3)c12. The average Bonchev–Trinajstić information content (AvgIpc) is 3.45. The van der Waals surface area contributed by atoms with E-state index in [4.69, 9.17) is 14.7 Å². The fourth-order valence-electron chi connectivity index (χ4n) is 6.22. The van der Waals surface area contributed by atoms with Gasteiger partial charge in [-0.2, -0.15) is 9.97 Å². The van der Waals surface area contributed by atoms with Gasteiger partial charge < -0.3 is 19.4 Å². The lowest BCUT2D eigenvalue weighted by Gasteiger charge is -2.33. The van der Waals surface area contributed by atoms with Crippen LogP contribution in [-0.4, -0.2) is 73.8 Å². The summed E-state index contributed by atoms with van der Waals surface area (Å²) in [5.41, 5.74) is 5.94. The van der Waals surface area contributed by atoms with E-state index < -0.39 is 0 Å². The summed E-state index contributed by atoms with van der Waals surface area (Å²) in [6.45, 7) is 7.40. The molecule has 0 N–H and O–H groups in total. The van der Waals surface area contributed by atoms with Crippen molar-refractivity contribution in [3.05, 3.63) is 89.1 Å². The molecule has 1 aromatic heterocycles. The molecule has 3 aromatic carbocycles. The van der Waals surface area contributed by atoms with E-state index in [2.05, 4.69) is 100 Å². The lowest BCUT2D eigenvalue weighted by Crippen LogP contribution is -2.35. The van der Waals surface area contributed by atoms with Crippen molar-refractivity contribution in [2.24, 2.45) is 9.98 Å². The summed E-state index contributed by atoms with van der Waals surface area (Å²) < 4.78 is 6.29. The molecule has 43 heavy (non-hydrogen) atoms. The summed E-state index contributed by atoms with van der Waals surface area (Å²) in [5, 5.41) is 2.58. The second-order valence-electron chi connectivity index (χ2n) is 11.7. The molecule has 6 rings (SSSR count). The van der Waals surface area contributed by atoms with Gasteiger partial charge in [-0.25, -0.2) is 9.98 Å². The third kappa shape index (κ3) is 6.71. The van der Waals surface area contributed by atoms with Crippen molar-refractivity contribution in [2.75, 3.05) is 56.7 Å². The van der Waals surface area contributed by atoms with Crippen molar-refractivity contribution < 1.29 is 4.74 Å². The molecule has 0 unspecified atom stereocenters. The molecule has 3 heterocycles. The standard InChI is InChI=1S/C35H41N7O/c1-26-10-7-13-28-14-8-16-32(33(26)28)42-20-17-30-31(23-42)38-35(43-24-29-15-9-19-40(29)2)39-34(30)41(3)21-18-36-25-37-22-27-11-5-4-6-12-27/h4-8,10-14,16,29H,9,15,17-24H2,1-3H3/t29-/m0/s1. The van der Waals surface area contributed by atoms with E-state index in [1.165, 1.54) is 34.0 Å². The van der Waals surface area contributed by atoms with Crippen LogP contribution in [0.3, 0.4) is 0 Å². The number of ether oxygens (including phenoxy) is 1. The van der Waals surface area contributed by atoms with Gasteiger partial charge in [-0.05, 0) is 62.4 Å². The number of likely N-dealkylation sites (N-methyl/N-ethyl adjacent to an activating group) is 2. The van der Waals surface area contributed by atoms with Crippen molar-refractivity contribution in [1.82, 2.24) is 14.9 Å². The van der Waals surface area contributed by atoms with Crippen LogP contribution < -0.4 is 14.5 Å². The number of nitrogens with zero attached hydrogens (tertiary/aromatic N) is 7. The van der Waals surface area contributed by atoms with E-state index >= 15 is 0 Å². The second-order valence-corrected chi connectivity index (χ2v) is 11.7. The van der Waals surface area contributed by atoms with Crippen molar-refractivity contribution >= 4 is 28.3 Å². The van der Waals surface area contributed by atoms with Gasteiger partial charge in [0.25, 0.3) is 0 Å². The Balaban J connectivity index is 1.22. The molecule has 1 saturated heterocycles. The molecule has 8 nitrogen and oxygen atoms in total. The first-order valence-corrected chi connectivity index (χ1v) is 15.4. The molecule has 0 amide bonds. The minimum absolute atomic E-state index is 0.403. The Hall–Kier alpha value is -4.26. The van der Waals surface area contributed by atoms with Gasteiger partial charge in [-0.1, -0.05) is 60.7 Å². The smallest absolute Gasteiger partial charge is 0.318 e. The Morgan fingerprint density at radius 3 is 2.65 bits per heavy atom. The van der Waals surface area contributed by atoms with Crippen LogP contribution in [0.15, 0.2) is 76.7 Å². The molecule has 1 fully saturated rings. The minimum atomic E-state index is 0.403. The summed E-state index contributed by atoms with van der Waals surface area (Å²) in [5.74, 6) is 0.935. The summed E-state index contributed by atoms with van der Waals surface area (Å²) >= 11 is 0. The third-order valence-electron chi connectivity index (χ3n) is 8.69. The molecule has 0 bridgehead atoms. The highest BCUT2D eigenvalue weighted by Gasteiger charge is 2.27. The second kappa shape index (κ2) is 13.4. The number of likely N-dealkylation sites (tertiary alicyclic amines) is 1. The van der Waals surface area contributed by atoms with Crippen LogP contribution in [-0.2, 0) is 19.5 Å². The van der Waals surface area contributed by atoms with E-state index in [9.17, 15) is 0 Å². The number of rotatable bonds is 10.